The van der Waals surface area contributed by atoms with Crippen LogP contribution in [0.1, 0.15) is 24.5 Å². The Morgan fingerprint density at radius 2 is 1.59 bits per heavy atom. The lowest BCUT2D eigenvalue weighted by Gasteiger charge is -2.34. The zero-order valence-corrected chi connectivity index (χ0v) is 16.9. The highest BCUT2D eigenvalue weighted by Crippen LogP contribution is 2.35. The molecule has 2 saturated heterocycles. The highest BCUT2D eigenvalue weighted by atomic mass is 16.5. The molecule has 2 aromatic carbocycles. The molecule has 0 unspecified atom stereocenters. The van der Waals surface area contributed by atoms with E-state index < -0.39 is 0 Å². The first-order chi connectivity index (χ1) is 14.3. The van der Waals surface area contributed by atoms with Crippen molar-refractivity contribution in [2.75, 3.05) is 56.3 Å². The number of nitrogens with zero attached hydrogens (tertiary/aromatic N) is 3. The van der Waals surface area contributed by atoms with E-state index in [1.54, 1.807) is 7.11 Å². The molecule has 0 aliphatic carbocycles. The monoisotopic (exact) mass is 392 g/mol. The quantitative estimate of drug-likeness (QED) is 0.732. The van der Waals surface area contributed by atoms with Crippen molar-refractivity contribution in [3.8, 4) is 5.75 Å². The van der Waals surface area contributed by atoms with Crippen LogP contribution in [0, 0.1) is 0 Å². The van der Waals surface area contributed by atoms with Crippen LogP contribution in [0.2, 0.25) is 0 Å². The number of hydrogen-bond acceptors (Lipinski definition) is 5. The first-order valence-electron chi connectivity index (χ1n) is 10.5. The molecule has 0 atom stereocenters. The van der Waals surface area contributed by atoms with E-state index in [0.29, 0.717) is 5.92 Å². The summed E-state index contributed by atoms with van der Waals surface area (Å²) in [6.07, 6.45) is 2.25. The number of benzene rings is 2. The Morgan fingerprint density at radius 3 is 2.24 bits per heavy atom. The number of hydrogen-bond donors (Lipinski definition) is 1. The first-order valence-corrected chi connectivity index (χ1v) is 10.5. The van der Waals surface area contributed by atoms with Crippen LogP contribution >= 0.6 is 0 Å². The van der Waals surface area contributed by atoms with Gasteiger partial charge in [-0.3, -0.25) is 5.10 Å². The Kier molecular flexibility index (Phi) is 5.02. The number of ether oxygens (including phenoxy) is 2. The van der Waals surface area contributed by atoms with Crippen LogP contribution in [0.3, 0.4) is 0 Å². The van der Waals surface area contributed by atoms with Crippen LogP contribution in [0.25, 0.3) is 10.9 Å². The smallest absolute Gasteiger partial charge is 0.146 e. The van der Waals surface area contributed by atoms with Gasteiger partial charge >= 0.3 is 0 Å². The van der Waals surface area contributed by atoms with Gasteiger partial charge in [0.25, 0.3) is 0 Å². The Balaban J connectivity index is 1.26. The topological polar surface area (TPSA) is 53.6 Å². The maximum absolute atomic E-state index is 5.46. The number of nitrogens with one attached hydrogen (secondary N) is 1. The van der Waals surface area contributed by atoms with Crippen LogP contribution in [-0.4, -0.2) is 56.7 Å². The zero-order valence-electron chi connectivity index (χ0n) is 16.9. The van der Waals surface area contributed by atoms with Crippen molar-refractivity contribution in [1.82, 2.24) is 10.2 Å². The number of aromatic amines is 1. The summed E-state index contributed by atoms with van der Waals surface area (Å²) in [6, 6.07) is 15.2. The largest absolute Gasteiger partial charge is 0.494 e. The Morgan fingerprint density at radius 1 is 0.931 bits per heavy atom. The maximum Gasteiger partial charge on any atom is 0.146 e. The van der Waals surface area contributed by atoms with Gasteiger partial charge in [-0.25, -0.2) is 0 Å². The van der Waals surface area contributed by atoms with E-state index in [-0.39, 0.29) is 0 Å². The predicted molar refractivity (Wildman–Crippen MR) is 116 cm³/mol. The number of methoxy groups -OCH3 is 1. The van der Waals surface area contributed by atoms with Gasteiger partial charge in [0.05, 0.1) is 20.3 Å². The number of anilines is 2. The zero-order chi connectivity index (χ0) is 19.6. The van der Waals surface area contributed by atoms with Crippen molar-refractivity contribution in [2.24, 2.45) is 0 Å². The van der Waals surface area contributed by atoms with Gasteiger partial charge in [0.15, 0.2) is 0 Å². The van der Waals surface area contributed by atoms with Crippen molar-refractivity contribution in [3.05, 3.63) is 48.2 Å². The summed E-state index contributed by atoms with van der Waals surface area (Å²) in [6.45, 7) is 5.73. The van der Waals surface area contributed by atoms with Gasteiger partial charge in [-0.2, -0.15) is 5.10 Å². The molecule has 3 heterocycles. The molecule has 152 valence electrons. The van der Waals surface area contributed by atoms with Gasteiger partial charge < -0.3 is 19.3 Å². The molecule has 1 aromatic heterocycles. The molecule has 0 amide bonds. The van der Waals surface area contributed by atoms with Gasteiger partial charge in [-0.15, -0.1) is 0 Å². The van der Waals surface area contributed by atoms with Crippen molar-refractivity contribution >= 4 is 22.3 Å². The number of rotatable bonds is 4. The number of para-hydroxylation sites is 1. The highest BCUT2D eigenvalue weighted by Gasteiger charge is 2.24. The fourth-order valence-electron chi connectivity index (χ4n) is 4.63. The van der Waals surface area contributed by atoms with Crippen molar-refractivity contribution in [3.63, 3.8) is 0 Å². The molecular weight excluding hydrogens is 364 g/mol. The van der Waals surface area contributed by atoms with Gasteiger partial charge in [0.2, 0.25) is 0 Å². The summed E-state index contributed by atoms with van der Waals surface area (Å²) >= 11 is 0. The normalized spacial score (nSPS) is 18.4. The summed E-state index contributed by atoms with van der Waals surface area (Å²) in [5, 5.41) is 9.00. The van der Waals surface area contributed by atoms with E-state index in [0.717, 1.165) is 63.5 Å². The third-order valence-electron chi connectivity index (χ3n) is 6.29. The molecular formula is C23H28N4O2. The van der Waals surface area contributed by atoms with Gasteiger partial charge in [-0.05, 0) is 43.2 Å². The van der Waals surface area contributed by atoms with Crippen molar-refractivity contribution < 1.29 is 9.47 Å². The number of fused-ring (bicyclic) bond motifs is 1. The second-order valence-electron chi connectivity index (χ2n) is 7.87. The molecule has 2 fully saturated rings. The summed E-state index contributed by atoms with van der Waals surface area (Å²) in [5.41, 5.74) is 4.80. The van der Waals surface area contributed by atoms with E-state index in [1.807, 2.05) is 12.1 Å². The summed E-state index contributed by atoms with van der Waals surface area (Å²) in [5.74, 6) is 1.35. The molecule has 3 aromatic rings. The van der Waals surface area contributed by atoms with E-state index in [4.69, 9.17) is 9.47 Å². The SMILES string of the molecule is COc1cccc2c(C3CCN(c4ccc(N5CCOCC5)cc4)CC3)[nH]nc12. The lowest BCUT2D eigenvalue weighted by Crippen LogP contribution is -2.36. The second-order valence-corrected chi connectivity index (χ2v) is 7.87. The number of aromatic nitrogens is 2. The standard InChI is InChI=1S/C23H28N4O2/c1-28-21-4-2-3-20-22(24-25-23(20)21)17-9-11-26(12-10-17)18-5-7-19(8-6-18)27-13-15-29-16-14-27/h2-8,17H,9-16H2,1H3,(H,24,25). The Labute approximate surface area is 171 Å². The van der Waals surface area contributed by atoms with Gasteiger partial charge in [0.1, 0.15) is 11.3 Å². The fourth-order valence-corrected chi connectivity index (χ4v) is 4.63. The molecule has 0 radical (unpaired) electrons. The van der Waals surface area contributed by atoms with Crippen molar-refractivity contribution in [1.29, 1.82) is 0 Å². The van der Waals surface area contributed by atoms with E-state index in [9.17, 15) is 0 Å². The molecule has 0 bridgehead atoms. The molecule has 6 nitrogen and oxygen atoms in total. The minimum Gasteiger partial charge on any atom is -0.494 e. The number of H-pyrrole nitrogens is 1. The Bertz CT molecular complexity index is 955. The number of piperidine rings is 1. The third kappa shape index (κ3) is 3.53. The predicted octanol–water partition coefficient (Wildman–Crippen LogP) is 3.79. The molecule has 1 N–H and O–H groups in total. The van der Waals surface area contributed by atoms with Gasteiger partial charge in [-0.1, -0.05) is 12.1 Å². The molecule has 2 aliphatic rings. The minimum atomic E-state index is 0.510. The molecule has 5 rings (SSSR count). The summed E-state index contributed by atoms with van der Waals surface area (Å²) < 4.78 is 10.9. The minimum absolute atomic E-state index is 0.510. The average molecular weight is 393 g/mol. The van der Waals surface area contributed by atoms with Crippen LogP contribution in [0.15, 0.2) is 42.5 Å². The van der Waals surface area contributed by atoms with Crippen LogP contribution < -0.4 is 14.5 Å². The molecule has 2 aliphatic heterocycles. The van der Waals surface area contributed by atoms with E-state index in [1.165, 1.54) is 22.5 Å². The Hall–Kier alpha value is -2.73. The third-order valence-corrected chi connectivity index (χ3v) is 6.29. The molecule has 6 heteroatoms. The van der Waals surface area contributed by atoms with E-state index >= 15 is 0 Å². The molecule has 0 saturated carbocycles. The maximum atomic E-state index is 5.46. The van der Waals surface area contributed by atoms with Crippen LogP contribution in [0.5, 0.6) is 5.75 Å². The summed E-state index contributed by atoms with van der Waals surface area (Å²) in [7, 11) is 1.70. The van der Waals surface area contributed by atoms with Crippen molar-refractivity contribution in [2.45, 2.75) is 18.8 Å². The number of morpholine rings is 1. The highest BCUT2D eigenvalue weighted by molar-refractivity contribution is 5.87. The molecule has 29 heavy (non-hydrogen) atoms. The fraction of sp³-hybridized carbons (Fsp3) is 0.435. The van der Waals surface area contributed by atoms with Gasteiger partial charge in [0, 0.05) is 54.6 Å². The second kappa shape index (κ2) is 7.95. The summed E-state index contributed by atoms with van der Waals surface area (Å²) in [4.78, 5) is 4.90. The molecule has 0 spiro atoms. The first kappa shape index (κ1) is 18.3. The lowest BCUT2D eigenvalue weighted by molar-refractivity contribution is 0.122. The average Bonchev–Trinajstić information content (AvgIpc) is 3.24. The van der Waals surface area contributed by atoms with E-state index in [2.05, 4.69) is 50.3 Å². The lowest BCUT2D eigenvalue weighted by atomic mass is 9.91. The van der Waals surface area contributed by atoms with Crippen LogP contribution in [0.4, 0.5) is 11.4 Å². The van der Waals surface area contributed by atoms with Crippen LogP contribution in [-0.2, 0) is 4.74 Å².